The van der Waals surface area contributed by atoms with E-state index in [1.807, 2.05) is 6.92 Å². The lowest BCUT2D eigenvalue weighted by atomic mass is 10.1. The monoisotopic (exact) mass is 467 g/mol. The third-order valence-electron chi connectivity index (χ3n) is 5.09. The predicted molar refractivity (Wildman–Crippen MR) is 114 cm³/mol. The van der Waals surface area contributed by atoms with E-state index in [2.05, 4.69) is 25.5 Å². The molecular weight excluding hydrogens is 449 g/mol. The Hall–Kier alpha value is -2.86. The molecule has 1 fully saturated rings. The molecule has 2 aromatic rings. The molecule has 13 heteroatoms. The number of amidine groups is 1. The second-order valence-corrected chi connectivity index (χ2v) is 7.89. The SMILES string of the molecule is CC(c1cc(Oc2c(Cl)cc(N3N=C(N)C(=O)NC3O)cc2Cl)n[nH]c1=O)N1CCC1. The summed E-state index contributed by atoms with van der Waals surface area (Å²) in [6, 6.07) is 4.32. The number of nitrogens with zero attached hydrogens (tertiary/aromatic N) is 4. The summed E-state index contributed by atoms with van der Waals surface area (Å²) in [4.78, 5) is 25.9. The van der Waals surface area contributed by atoms with Crippen molar-refractivity contribution in [1.82, 2.24) is 20.4 Å². The van der Waals surface area contributed by atoms with E-state index in [9.17, 15) is 14.7 Å². The Balaban J connectivity index is 1.61. The Kier molecular flexibility index (Phi) is 5.75. The Morgan fingerprint density at radius 1 is 1.26 bits per heavy atom. The van der Waals surface area contributed by atoms with Gasteiger partial charge in [0.25, 0.3) is 11.5 Å². The molecule has 1 aromatic heterocycles. The number of nitrogens with two attached hydrogens (primary N) is 1. The minimum absolute atomic E-state index is 0.0877. The summed E-state index contributed by atoms with van der Waals surface area (Å²) >= 11 is 12.7. The summed E-state index contributed by atoms with van der Waals surface area (Å²) in [5.74, 6) is -0.819. The normalized spacial score (nSPS) is 20.0. The first-order valence-electron chi connectivity index (χ1n) is 9.37. The molecule has 2 aliphatic heterocycles. The van der Waals surface area contributed by atoms with Crippen LogP contribution in [-0.4, -0.2) is 51.4 Å². The summed E-state index contributed by atoms with van der Waals surface area (Å²) in [5.41, 5.74) is 6.00. The summed E-state index contributed by atoms with van der Waals surface area (Å²) < 4.78 is 5.75. The smallest absolute Gasteiger partial charge is 0.291 e. The number of carbonyl (C=O) groups excluding carboxylic acids is 1. The fourth-order valence-electron chi connectivity index (χ4n) is 3.24. The summed E-state index contributed by atoms with van der Waals surface area (Å²) in [7, 11) is 0. The molecule has 0 radical (unpaired) electrons. The van der Waals surface area contributed by atoms with Crippen LogP contribution in [0.3, 0.4) is 0 Å². The van der Waals surface area contributed by atoms with Gasteiger partial charge in [0.1, 0.15) is 0 Å². The van der Waals surface area contributed by atoms with E-state index >= 15 is 0 Å². The minimum atomic E-state index is -1.45. The van der Waals surface area contributed by atoms with Gasteiger partial charge < -0.3 is 20.9 Å². The lowest BCUT2D eigenvalue weighted by molar-refractivity contribution is -0.118. The number of carbonyl (C=O) groups is 1. The highest BCUT2D eigenvalue weighted by atomic mass is 35.5. The number of H-pyrrole nitrogens is 1. The number of aromatic nitrogens is 2. The van der Waals surface area contributed by atoms with Gasteiger partial charge in [-0.25, -0.2) is 10.1 Å². The molecule has 2 unspecified atom stereocenters. The number of hydrazone groups is 1. The summed E-state index contributed by atoms with van der Waals surface area (Å²) in [6.07, 6.45) is -0.357. The molecule has 1 saturated heterocycles. The molecule has 1 aromatic carbocycles. The molecule has 5 N–H and O–H groups in total. The molecule has 1 amide bonds. The van der Waals surface area contributed by atoms with Gasteiger partial charge in [-0.15, -0.1) is 10.2 Å². The number of halogens is 2. The lowest BCUT2D eigenvalue weighted by Crippen LogP contribution is -2.55. The Morgan fingerprint density at radius 2 is 1.94 bits per heavy atom. The molecule has 11 nitrogen and oxygen atoms in total. The number of ether oxygens (including phenoxy) is 1. The molecule has 3 heterocycles. The number of benzene rings is 1. The Bertz CT molecular complexity index is 1100. The number of hydrogen-bond donors (Lipinski definition) is 4. The first kappa shape index (κ1) is 21.4. The van der Waals surface area contributed by atoms with Gasteiger partial charge in [0.15, 0.2) is 5.75 Å². The number of rotatable bonds is 5. The zero-order chi connectivity index (χ0) is 22.3. The van der Waals surface area contributed by atoms with Crippen LogP contribution >= 0.6 is 23.2 Å². The fraction of sp³-hybridized carbons (Fsp3) is 0.333. The van der Waals surface area contributed by atoms with Crippen molar-refractivity contribution in [3.63, 3.8) is 0 Å². The van der Waals surface area contributed by atoms with Gasteiger partial charge >= 0.3 is 0 Å². The second kappa shape index (κ2) is 8.35. The summed E-state index contributed by atoms with van der Waals surface area (Å²) in [6.45, 7) is 3.79. The number of hydrogen-bond acceptors (Lipinski definition) is 9. The topological polar surface area (TPSA) is 149 Å². The van der Waals surface area contributed by atoms with Crippen molar-refractivity contribution in [3.05, 3.63) is 44.2 Å². The number of amides is 1. The third-order valence-corrected chi connectivity index (χ3v) is 5.65. The van der Waals surface area contributed by atoms with E-state index in [0.29, 0.717) is 5.56 Å². The fourth-order valence-corrected chi connectivity index (χ4v) is 3.79. The average molecular weight is 468 g/mol. The van der Waals surface area contributed by atoms with Crippen LogP contribution in [0.4, 0.5) is 5.69 Å². The number of aromatic amines is 1. The minimum Gasteiger partial charge on any atom is -0.434 e. The summed E-state index contributed by atoms with van der Waals surface area (Å²) in [5, 5.41) is 23.7. The molecule has 0 spiro atoms. The average Bonchev–Trinajstić information content (AvgIpc) is 2.67. The van der Waals surface area contributed by atoms with E-state index in [1.165, 1.54) is 12.1 Å². The van der Waals surface area contributed by atoms with Crippen molar-refractivity contribution in [2.75, 3.05) is 18.1 Å². The zero-order valence-corrected chi connectivity index (χ0v) is 17.8. The first-order chi connectivity index (χ1) is 14.7. The zero-order valence-electron chi connectivity index (χ0n) is 16.3. The van der Waals surface area contributed by atoms with Crippen LogP contribution in [0, 0.1) is 0 Å². The van der Waals surface area contributed by atoms with Gasteiger partial charge in [-0.3, -0.25) is 14.5 Å². The quantitative estimate of drug-likeness (QED) is 0.510. The number of anilines is 1. The molecular formula is C18H19Cl2N7O4. The van der Waals surface area contributed by atoms with E-state index in [1.54, 1.807) is 6.07 Å². The van der Waals surface area contributed by atoms with Gasteiger partial charge in [0.2, 0.25) is 18.1 Å². The van der Waals surface area contributed by atoms with Crippen LogP contribution < -0.4 is 26.4 Å². The van der Waals surface area contributed by atoms with Crippen LogP contribution in [0.25, 0.3) is 0 Å². The van der Waals surface area contributed by atoms with E-state index in [4.69, 9.17) is 33.7 Å². The van der Waals surface area contributed by atoms with Crippen molar-refractivity contribution in [2.45, 2.75) is 25.7 Å². The van der Waals surface area contributed by atoms with Crippen molar-refractivity contribution in [3.8, 4) is 11.6 Å². The van der Waals surface area contributed by atoms with Crippen LogP contribution in [0.1, 0.15) is 24.9 Å². The van der Waals surface area contributed by atoms with Crippen molar-refractivity contribution in [2.24, 2.45) is 10.8 Å². The second-order valence-electron chi connectivity index (χ2n) is 7.07. The maximum absolute atomic E-state index is 12.2. The van der Waals surface area contributed by atoms with Gasteiger partial charge in [-0.1, -0.05) is 23.2 Å². The number of likely N-dealkylation sites (tertiary alicyclic amines) is 1. The first-order valence-corrected chi connectivity index (χ1v) is 10.1. The van der Waals surface area contributed by atoms with E-state index < -0.39 is 12.3 Å². The molecule has 0 saturated carbocycles. The molecule has 4 rings (SSSR count). The van der Waals surface area contributed by atoms with Gasteiger partial charge in [-0.2, -0.15) is 0 Å². The molecule has 31 heavy (non-hydrogen) atoms. The maximum atomic E-state index is 12.2. The molecule has 2 atom stereocenters. The largest absolute Gasteiger partial charge is 0.434 e. The van der Waals surface area contributed by atoms with Crippen LogP contribution in [0.5, 0.6) is 11.6 Å². The highest BCUT2D eigenvalue weighted by Crippen LogP contribution is 2.40. The Labute approximate surface area is 186 Å². The molecule has 0 bridgehead atoms. The van der Waals surface area contributed by atoms with E-state index in [-0.39, 0.29) is 44.8 Å². The molecule has 164 valence electrons. The van der Waals surface area contributed by atoms with Gasteiger partial charge in [-0.05, 0) is 38.6 Å². The predicted octanol–water partition coefficient (Wildman–Crippen LogP) is 1.12. The van der Waals surface area contributed by atoms with Crippen LogP contribution in [0.2, 0.25) is 10.0 Å². The van der Waals surface area contributed by atoms with Gasteiger partial charge in [0.05, 0.1) is 15.7 Å². The standard InChI is InChI=1S/C18H19Cl2N7O4/c1-8(26-3-2-4-26)10-7-13(23-24-16(10)28)31-14-11(19)5-9(6-12(14)20)27-18(30)22-17(29)15(21)25-27/h5-8,18,30H,2-4H2,1H3,(H2,21,25)(H,22,29)(H,24,28). The number of aliphatic hydroxyl groups excluding tert-OH is 1. The van der Waals surface area contributed by atoms with Crippen molar-refractivity contribution in [1.29, 1.82) is 0 Å². The molecule has 0 aliphatic carbocycles. The van der Waals surface area contributed by atoms with E-state index in [0.717, 1.165) is 24.5 Å². The van der Waals surface area contributed by atoms with Crippen molar-refractivity contribution < 1.29 is 14.6 Å². The lowest BCUT2D eigenvalue weighted by Gasteiger charge is -2.36. The number of nitrogens with one attached hydrogen (secondary N) is 2. The van der Waals surface area contributed by atoms with Gasteiger partial charge in [0, 0.05) is 17.7 Å². The van der Waals surface area contributed by atoms with Crippen LogP contribution in [-0.2, 0) is 4.79 Å². The Morgan fingerprint density at radius 3 is 2.55 bits per heavy atom. The van der Waals surface area contributed by atoms with Crippen molar-refractivity contribution >= 4 is 40.6 Å². The number of aliphatic hydroxyl groups is 1. The molecule has 2 aliphatic rings. The third kappa shape index (κ3) is 4.17. The highest BCUT2D eigenvalue weighted by molar-refractivity contribution is 6.38. The maximum Gasteiger partial charge on any atom is 0.291 e. The van der Waals surface area contributed by atoms with Crippen LogP contribution in [0.15, 0.2) is 28.1 Å². The highest BCUT2D eigenvalue weighted by Gasteiger charge is 2.28.